The molecule has 0 unspecified atom stereocenters. The van der Waals surface area contributed by atoms with Crippen LogP contribution in [0.25, 0.3) is 0 Å². The number of halogens is 3. The highest BCUT2D eigenvalue weighted by Crippen LogP contribution is 2.32. The van der Waals surface area contributed by atoms with Crippen LogP contribution < -0.4 is 9.64 Å². The summed E-state index contributed by atoms with van der Waals surface area (Å²) in [5.74, 6) is 1.05. The highest BCUT2D eigenvalue weighted by Gasteiger charge is 2.31. The Morgan fingerprint density at radius 3 is 2.59 bits per heavy atom. The summed E-state index contributed by atoms with van der Waals surface area (Å²) in [4.78, 5) is 16.1. The van der Waals surface area contributed by atoms with Crippen LogP contribution >= 0.6 is 11.8 Å². The number of aromatic nitrogens is 2. The number of anilines is 1. The Kier molecular flexibility index (Phi) is 7.30. The molecule has 11 heteroatoms. The van der Waals surface area contributed by atoms with E-state index in [0.29, 0.717) is 43.5 Å². The number of thioether (sulfide) groups is 1. The number of hydrogen-bond donors (Lipinski definition) is 0. The van der Waals surface area contributed by atoms with Crippen molar-refractivity contribution < 1.29 is 27.1 Å². The lowest BCUT2D eigenvalue weighted by Gasteiger charge is -2.36. The second kappa shape index (κ2) is 10.4. The van der Waals surface area contributed by atoms with E-state index < -0.39 is 11.7 Å². The molecule has 0 atom stereocenters. The Labute approximate surface area is 198 Å². The van der Waals surface area contributed by atoms with Gasteiger partial charge in [-0.05, 0) is 42.8 Å². The van der Waals surface area contributed by atoms with Gasteiger partial charge in [-0.25, -0.2) is 0 Å². The number of rotatable bonds is 7. The molecular weight excluding hydrogens is 469 g/mol. The third-order valence-corrected chi connectivity index (χ3v) is 6.09. The molecule has 34 heavy (non-hydrogen) atoms. The predicted octanol–water partition coefficient (Wildman–Crippen LogP) is 4.42. The average Bonchev–Trinajstić information content (AvgIpc) is 3.29. The zero-order valence-corrected chi connectivity index (χ0v) is 19.2. The van der Waals surface area contributed by atoms with Crippen LogP contribution in [0.1, 0.15) is 17.0 Å². The van der Waals surface area contributed by atoms with Crippen LogP contribution in [0.4, 0.5) is 18.9 Å². The molecule has 1 aromatic heterocycles. The van der Waals surface area contributed by atoms with Crippen molar-refractivity contribution in [3.8, 4) is 5.75 Å². The maximum atomic E-state index is 13.0. The quantitative estimate of drug-likeness (QED) is 0.452. The van der Waals surface area contributed by atoms with Crippen molar-refractivity contribution in [2.75, 3.05) is 36.8 Å². The minimum Gasteiger partial charge on any atom is -0.484 e. The van der Waals surface area contributed by atoms with E-state index in [1.54, 1.807) is 11.0 Å². The van der Waals surface area contributed by atoms with E-state index in [4.69, 9.17) is 9.15 Å². The first-order valence-electron chi connectivity index (χ1n) is 10.6. The number of nitrogens with zero attached hydrogens (tertiary/aromatic N) is 4. The number of alkyl halides is 3. The van der Waals surface area contributed by atoms with Crippen molar-refractivity contribution in [3.05, 3.63) is 65.5 Å². The van der Waals surface area contributed by atoms with Crippen LogP contribution in [0.5, 0.6) is 5.75 Å². The molecule has 0 bridgehead atoms. The van der Waals surface area contributed by atoms with E-state index >= 15 is 0 Å². The van der Waals surface area contributed by atoms with Crippen LogP contribution in [-0.2, 0) is 17.6 Å². The van der Waals surface area contributed by atoms with E-state index in [0.717, 1.165) is 29.5 Å². The molecule has 7 nitrogen and oxygen atoms in total. The molecule has 1 aliphatic rings. The lowest BCUT2D eigenvalue weighted by atomic mass is 10.1. The SMILES string of the molecule is Cc1cccc(OCc2nnc(SCC(=O)N3CCN(c4cccc(C(F)(F)F)c4)CC3)o2)c1. The van der Waals surface area contributed by atoms with Gasteiger partial charge >= 0.3 is 6.18 Å². The summed E-state index contributed by atoms with van der Waals surface area (Å²) in [5, 5.41) is 8.15. The van der Waals surface area contributed by atoms with Gasteiger partial charge in [-0.15, -0.1) is 10.2 Å². The summed E-state index contributed by atoms with van der Waals surface area (Å²) >= 11 is 1.14. The summed E-state index contributed by atoms with van der Waals surface area (Å²) in [6, 6.07) is 12.8. The molecule has 1 aliphatic heterocycles. The van der Waals surface area contributed by atoms with Crippen LogP contribution in [-0.4, -0.2) is 52.9 Å². The normalized spacial score (nSPS) is 14.4. The molecule has 0 aliphatic carbocycles. The Bertz CT molecular complexity index is 1130. The molecule has 0 saturated carbocycles. The fourth-order valence-corrected chi connectivity index (χ4v) is 4.20. The van der Waals surface area contributed by atoms with Gasteiger partial charge in [-0.2, -0.15) is 13.2 Å². The van der Waals surface area contributed by atoms with Crippen molar-refractivity contribution in [2.45, 2.75) is 24.9 Å². The minimum atomic E-state index is -4.38. The second-order valence-electron chi connectivity index (χ2n) is 7.77. The molecule has 0 N–H and O–H groups in total. The van der Waals surface area contributed by atoms with Crippen LogP contribution in [0.2, 0.25) is 0 Å². The molecule has 180 valence electrons. The standard InChI is InChI=1S/C23H23F3N4O3S/c1-16-4-2-7-19(12-16)32-14-20-27-28-22(33-20)34-15-21(31)30-10-8-29(9-11-30)18-6-3-5-17(13-18)23(24,25)26/h2-7,12-13H,8-11,14-15H2,1H3. The summed E-state index contributed by atoms with van der Waals surface area (Å²) < 4.78 is 50.1. The highest BCUT2D eigenvalue weighted by atomic mass is 32.2. The molecule has 2 heterocycles. The molecule has 3 aromatic rings. The van der Waals surface area contributed by atoms with Gasteiger partial charge in [0, 0.05) is 31.9 Å². The zero-order chi connectivity index (χ0) is 24.1. The van der Waals surface area contributed by atoms with E-state index in [1.165, 1.54) is 6.07 Å². The monoisotopic (exact) mass is 492 g/mol. The molecule has 1 fully saturated rings. The number of amides is 1. The molecule has 0 spiro atoms. The lowest BCUT2D eigenvalue weighted by molar-refractivity contribution is -0.137. The smallest absolute Gasteiger partial charge is 0.416 e. The number of carbonyl (C=O) groups is 1. The molecule has 2 aromatic carbocycles. The van der Waals surface area contributed by atoms with Crippen LogP contribution in [0.15, 0.2) is 58.2 Å². The van der Waals surface area contributed by atoms with Gasteiger partial charge in [0.2, 0.25) is 5.91 Å². The first-order valence-corrected chi connectivity index (χ1v) is 11.6. The maximum Gasteiger partial charge on any atom is 0.416 e. The van der Waals surface area contributed by atoms with Crippen LogP contribution in [0, 0.1) is 6.92 Å². The van der Waals surface area contributed by atoms with Gasteiger partial charge in [-0.1, -0.05) is 30.0 Å². The Morgan fingerprint density at radius 1 is 1.09 bits per heavy atom. The fourth-order valence-electron chi connectivity index (χ4n) is 3.51. The molecular formula is C23H23F3N4O3S. The predicted molar refractivity (Wildman–Crippen MR) is 121 cm³/mol. The van der Waals surface area contributed by atoms with Crippen molar-refractivity contribution in [3.63, 3.8) is 0 Å². The summed E-state index contributed by atoms with van der Waals surface area (Å²) in [6.45, 7) is 3.86. The molecule has 1 amide bonds. The minimum absolute atomic E-state index is 0.0931. The number of carbonyl (C=O) groups excluding carboxylic acids is 1. The van der Waals surface area contributed by atoms with E-state index in [-0.39, 0.29) is 23.5 Å². The van der Waals surface area contributed by atoms with Gasteiger partial charge in [-0.3, -0.25) is 4.79 Å². The summed E-state index contributed by atoms with van der Waals surface area (Å²) in [7, 11) is 0. The van der Waals surface area contributed by atoms with Crippen molar-refractivity contribution in [2.24, 2.45) is 0 Å². The van der Waals surface area contributed by atoms with Gasteiger partial charge in [0.25, 0.3) is 11.1 Å². The number of ether oxygens (including phenoxy) is 1. The topological polar surface area (TPSA) is 71.7 Å². The highest BCUT2D eigenvalue weighted by molar-refractivity contribution is 7.99. The van der Waals surface area contributed by atoms with E-state index in [1.807, 2.05) is 36.1 Å². The van der Waals surface area contributed by atoms with Crippen molar-refractivity contribution >= 4 is 23.4 Å². The largest absolute Gasteiger partial charge is 0.484 e. The molecule has 4 rings (SSSR count). The van der Waals surface area contributed by atoms with Gasteiger partial charge in [0.1, 0.15) is 5.75 Å². The zero-order valence-electron chi connectivity index (χ0n) is 18.4. The number of aryl methyl sites for hydroxylation is 1. The third kappa shape index (κ3) is 6.22. The van der Waals surface area contributed by atoms with Crippen molar-refractivity contribution in [1.82, 2.24) is 15.1 Å². The fraction of sp³-hybridized carbons (Fsp3) is 0.348. The van der Waals surface area contributed by atoms with E-state index in [2.05, 4.69) is 10.2 Å². The van der Waals surface area contributed by atoms with Gasteiger partial charge in [0.05, 0.1) is 11.3 Å². The average molecular weight is 493 g/mol. The Morgan fingerprint density at radius 2 is 1.85 bits per heavy atom. The summed E-state index contributed by atoms with van der Waals surface area (Å²) in [6.07, 6.45) is -4.38. The lowest BCUT2D eigenvalue weighted by Crippen LogP contribution is -2.49. The van der Waals surface area contributed by atoms with Gasteiger partial charge in [0.15, 0.2) is 6.61 Å². The number of piperazine rings is 1. The Hall–Kier alpha value is -3.21. The van der Waals surface area contributed by atoms with Gasteiger partial charge < -0.3 is 19.0 Å². The first kappa shape index (κ1) is 23.9. The molecule has 1 saturated heterocycles. The van der Waals surface area contributed by atoms with Crippen molar-refractivity contribution in [1.29, 1.82) is 0 Å². The van der Waals surface area contributed by atoms with Crippen LogP contribution in [0.3, 0.4) is 0 Å². The maximum absolute atomic E-state index is 13.0. The number of hydrogen-bond acceptors (Lipinski definition) is 7. The van der Waals surface area contributed by atoms with E-state index in [9.17, 15) is 18.0 Å². The second-order valence-corrected chi connectivity index (χ2v) is 8.70. The Balaban J connectivity index is 1.23. The summed E-state index contributed by atoms with van der Waals surface area (Å²) in [5.41, 5.74) is 0.902. The number of benzene rings is 2. The molecule has 0 radical (unpaired) electrons. The first-order chi connectivity index (χ1) is 16.3. The third-order valence-electron chi connectivity index (χ3n) is 5.29.